The Kier molecular flexibility index (Phi) is 15.0. The molecule has 1 N–H and O–H groups in total. The molecule has 0 fully saturated rings. The van der Waals surface area contributed by atoms with E-state index in [9.17, 15) is 14.9 Å². The highest BCUT2D eigenvalue weighted by atomic mass is 35.5. The van der Waals surface area contributed by atoms with Crippen molar-refractivity contribution >= 4 is 46.5 Å². The number of alkyl carbamates (subject to hydrolysis) is 1. The maximum absolute atomic E-state index is 12.2. The Morgan fingerprint density at radius 3 is 2.54 bits per heavy atom. The summed E-state index contributed by atoms with van der Waals surface area (Å²) in [5.41, 5.74) is 0.921. The number of rotatable bonds is 18. The molecule has 11 nitrogen and oxygen atoms in total. The number of aromatic nitrogens is 1. The number of amides is 1. The third-order valence-electron chi connectivity index (χ3n) is 5.56. The largest absolute Gasteiger partial charge is 0.456 e. The second-order valence-corrected chi connectivity index (χ2v) is 10.6. The number of alkyl halides is 1. The third kappa shape index (κ3) is 13.7. The number of likely N-dealkylation sites (N-methyl/N-ethyl adjacent to an activating group) is 1. The number of benzene rings is 1. The van der Waals surface area contributed by atoms with Gasteiger partial charge in [-0.25, -0.2) is 14.6 Å². The van der Waals surface area contributed by atoms with E-state index in [4.69, 9.17) is 35.0 Å². The number of fused-ring (bicyclic) bond motifs is 1. The van der Waals surface area contributed by atoms with Crippen LogP contribution in [0, 0.1) is 11.3 Å². The molecule has 0 aliphatic heterocycles. The van der Waals surface area contributed by atoms with Crippen LogP contribution >= 0.6 is 11.6 Å². The first-order chi connectivity index (χ1) is 19.6. The average Bonchev–Trinajstić information content (AvgIpc) is 3.33. The molecular formula is C29H41ClN4O7. The number of nitriles is 1. The lowest BCUT2D eigenvalue weighted by atomic mass is 10.2. The quantitative estimate of drug-likeness (QED) is 0.0821. The van der Waals surface area contributed by atoms with Crippen LogP contribution in [0.5, 0.6) is 0 Å². The highest BCUT2D eigenvalue weighted by molar-refractivity contribution is 6.17. The van der Waals surface area contributed by atoms with Gasteiger partial charge in [-0.05, 0) is 45.7 Å². The molecule has 0 spiro atoms. The Bertz CT molecular complexity index is 1170. The summed E-state index contributed by atoms with van der Waals surface area (Å²) in [4.78, 5) is 30.4. The standard InChI is InChI=1S/C29H41ClN4O7/c1-29(2,3)41-27(35)22(21-31)19-26-33-24-10-9-23(20-25(24)40-26)34(4)13-16-39-28(36)32-12-15-38-18-17-37-14-8-6-5-7-11-30/h9-10,19-20H,5-8,11-18H2,1-4H3,(H,32,36)/b22-19+. The van der Waals surface area contributed by atoms with Crippen LogP contribution in [0.25, 0.3) is 17.2 Å². The number of anilines is 1. The zero-order valence-corrected chi connectivity index (χ0v) is 25.1. The van der Waals surface area contributed by atoms with Crippen LogP contribution < -0.4 is 10.2 Å². The third-order valence-corrected chi connectivity index (χ3v) is 5.82. The number of halogens is 1. The van der Waals surface area contributed by atoms with Crippen molar-refractivity contribution in [2.75, 3.05) is 64.0 Å². The van der Waals surface area contributed by atoms with E-state index in [1.807, 2.05) is 24.1 Å². The molecule has 0 saturated heterocycles. The van der Waals surface area contributed by atoms with Gasteiger partial charge in [-0.1, -0.05) is 12.8 Å². The van der Waals surface area contributed by atoms with Gasteiger partial charge in [0.05, 0.1) is 26.4 Å². The van der Waals surface area contributed by atoms with Gasteiger partial charge in [0.1, 0.15) is 29.4 Å². The molecule has 0 saturated carbocycles. The van der Waals surface area contributed by atoms with E-state index in [-0.39, 0.29) is 18.1 Å². The van der Waals surface area contributed by atoms with Crippen LogP contribution in [0.1, 0.15) is 52.3 Å². The molecule has 0 aliphatic rings. The Morgan fingerprint density at radius 1 is 1.10 bits per heavy atom. The maximum atomic E-state index is 12.2. The van der Waals surface area contributed by atoms with E-state index in [1.165, 1.54) is 6.08 Å². The summed E-state index contributed by atoms with van der Waals surface area (Å²) < 4.78 is 27.2. The van der Waals surface area contributed by atoms with Crippen LogP contribution in [0.4, 0.5) is 10.5 Å². The van der Waals surface area contributed by atoms with Crippen molar-refractivity contribution in [2.24, 2.45) is 0 Å². The number of unbranched alkanes of at least 4 members (excludes halogenated alkanes) is 3. The van der Waals surface area contributed by atoms with E-state index in [0.29, 0.717) is 56.5 Å². The number of nitrogens with zero attached hydrogens (tertiary/aromatic N) is 3. The second kappa shape index (κ2) is 18.2. The molecule has 0 radical (unpaired) electrons. The van der Waals surface area contributed by atoms with Crippen molar-refractivity contribution in [3.8, 4) is 6.07 Å². The Morgan fingerprint density at radius 2 is 1.83 bits per heavy atom. The van der Waals surface area contributed by atoms with Gasteiger partial charge >= 0.3 is 12.1 Å². The Labute approximate surface area is 246 Å². The van der Waals surface area contributed by atoms with Crippen LogP contribution in [0.2, 0.25) is 0 Å². The lowest BCUT2D eigenvalue weighted by molar-refractivity contribution is -0.149. The fourth-order valence-corrected chi connectivity index (χ4v) is 3.67. The van der Waals surface area contributed by atoms with Gasteiger partial charge in [0.25, 0.3) is 0 Å². The number of esters is 1. The highest BCUT2D eigenvalue weighted by Crippen LogP contribution is 2.24. The Hall–Kier alpha value is -3.33. The van der Waals surface area contributed by atoms with E-state index < -0.39 is 17.7 Å². The van der Waals surface area contributed by atoms with Crippen molar-refractivity contribution in [1.82, 2.24) is 10.3 Å². The lowest BCUT2D eigenvalue weighted by Gasteiger charge is -2.19. The summed E-state index contributed by atoms with van der Waals surface area (Å²) in [5, 5.41) is 12.0. The van der Waals surface area contributed by atoms with Crippen molar-refractivity contribution in [3.05, 3.63) is 29.7 Å². The zero-order valence-electron chi connectivity index (χ0n) is 24.4. The predicted molar refractivity (Wildman–Crippen MR) is 157 cm³/mol. The van der Waals surface area contributed by atoms with Crippen molar-refractivity contribution in [1.29, 1.82) is 5.26 Å². The van der Waals surface area contributed by atoms with Crippen molar-refractivity contribution in [2.45, 2.75) is 52.1 Å². The molecule has 0 unspecified atom stereocenters. The number of ether oxygens (including phenoxy) is 4. The molecule has 1 amide bonds. The van der Waals surface area contributed by atoms with E-state index in [1.54, 1.807) is 32.9 Å². The minimum atomic E-state index is -0.746. The summed E-state index contributed by atoms with van der Waals surface area (Å²) >= 11 is 5.65. The second-order valence-electron chi connectivity index (χ2n) is 10.2. The smallest absolute Gasteiger partial charge is 0.407 e. The van der Waals surface area contributed by atoms with E-state index >= 15 is 0 Å². The first-order valence-electron chi connectivity index (χ1n) is 13.7. The molecule has 1 aromatic carbocycles. The van der Waals surface area contributed by atoms with E-state index in [0.717, 1.165) is 31.4 Å². The topological polar surface area (TPSA) is 136 Å². The molecule has 2 aromatic rings. The van der Waals surface area contributed by atoms with Crippen LogP contribution in [0.3, 0.4) is 0 Å². The van der Waals surface area contributed by atoms with Crippen LogP contribution in [0.15, 0.2) is 28.2 Å². The van der Waals surface area contributed by atoms with Gasteiger partial charge in [0.2, 0.25) is 5.89 Å². The monoisotopic (exact) mass is 592 g/mol. The average molecular weight is 593 g/mol. The first kappa shape index (κ1) is 33.9. The zero-order chi connectivity index (χ0) is 30.1. The number of carbonyl (C=O) groups is 2. The summed E-state index contributed by atoms with van der Waals surface area (Å²) in [6.45, 7) is 8.20. The number of hydrogen-bond donors (Lipinski definition) is 1. The molecule has 2 rings (SSSR count). The van der Waals surface area contributed by atoms with Crippen molar-refractivity contribution in [3.63, 3.8) is 0 Å². The number of hydrogen-bond acceptors (Lipinski definition) is 10. The SMILES string of the molecule is CN(CCOC(=O)NCCOCCOCCCCCCCl)c1ccc2nc(/C=C(\C#N)C(=O)OC(C)(C)C)oc2c1. The molecule has 0 bridgehead atoms. The molecule has 0 atom stereocenters. The predicted octanol–water partition coefficient (Wildman–Crippen LogP) is 5.07. The van der Waals surface area contributed by atoms with E-state index in [2.05, 4.69) is 10.3 Å². The van der Waals surface area contributed by atoms with Gasteiger partial charge < -0.3 is 33.6 Å². The van der Waals surface area contributed by atoms with Gasteiger partial charge in [-0.2, -0.15) is 5.26 Å². The fraction of sp³-hybridized carbons (Fsp3) is 0.586. The summed E-state index contributed by atoms with van der Waals surface area (Å²) in [6, 6.07) is 7.22. The molecule has 0 aliphatic carbocycles. The van der Waals surface area contributed by atoms with Crippen LogP contribution in [-0.4, -0.2) is 81.7 Å². The van der Waals surface area contributed by atoms with Gasteiger partial charge in [-0.15, -0.1) is 11.6 Å². The fourth-order valence-electron chi connectivity index (χ4n) is 3.48. The maximum Gasteiger partial charge on any atom is 0.407 e. The molecule has 1 aromatic heterocycles. The normalized spacial score (nSPS) is 11.8. The summed E-state index contributed by atoms with van der Waals surface area (Å²) in [6.07, 6.45) is 5.06. The van der Waals surface area contributed by atoms with Crippen LogP contribution in [-0.2, 0) is 23.7 Å². The number of nitrogens with one attached hydrogen (secondary N) is 1. The highest BCUT2D eigenvalue weighted by Gasteiger charge is 2.21. The molecule has 41 heavy (non-hydrogen) atoms. The number of oxazole rings is 1. The molecule has 1 heterocycles. The molecular weight excluding hydrogens is 552 g/mol. The first-order valence-corrected chi connectivity index (χ1v) is 14.3. The summed E-state index contributed by atoms with van der Waals surface area (Å²) in [7, 11) is 1.85. The van der Waals surface area contributed by atoms with Gasteiger partial charge in [-0.3, -0.25) is 0 Å². The minimum absolute atomic E-state index is 0.118. The Balaban J connectivity index is 1.68. The number of carbonyl (C=O) groups excluding carboxylic acids is 2. The minimum Gasteiger partial charge on any atom is -0.456 e. The summed E-state index contributed by atoms with van der Waals surface area (Å²) in [5.74, 6) is 0.0828. The van der Waals surface area contributed by atoms with Gasteiger partial charge in [0.15, 0.2) is 5.58 Å². The van der Waals surface area contributed by atoms with Crippen molar-refractivity contribution < 1.29 is 33.0 Å². The van der Waals surface area contributed by atoms with Gasteiger partial charge in [0, 0.05) is 43.9 Å². The lowest BCUT2D eigenvalue weighted by Crippen LogP contribution is -2.31. The molecule has 12 heteroatoms. The molecule has 226 valence electrons.